The van der Waals surface area contributed by atoms with Gasteiger partial charge in [0.15, 0.2) is 5.11 Å². The van der Waals surface area contributed by atoms with Crippen LogP contribution in [0.5, 0.6) is 0 Å². The summed E-state index contributed by atoms with van der Waals surface area (Å²) in [5.41, 5.74) is 3.00. The van der Waals surface area contributed by atoms with Crippen molar-refractivity contribution in [3.63, 3.8) is 0 Å². The molecule has 2 nitrogen and oxygen atoms in total. The Hall–Kier alpha value is -0.980. The zero-order valence-corrected chi connectivity index (χ0v) is 15.2. The molecule has 0 aromatic heterocycles. The molecule has 0 saturated carbocycles. The van der Waals surface area contributed by atoms with E-state index in [1.807, 2.05) is 25.1 Å². The van der Waals surface area contributed by atoms with Crippen LogP contribution in [-0.4, -0.2) is 5.11 Å². The van der Waals surface area contributed by atoms with Crippen molar-refractivity contribution in [1.29, 1.82) is 0 Å². The van der Waals surface area contributed by atoms with Gasteiger partial charge in [-0.2, -0.15) is 0 Å². The molecule has 0 amide bonds. The highest BCUT2D eigenvalue weighted by Crippen LogP contribution is 2.20. The van der Waals surface area contributed by atoms with Gasteiger partial charge in [0, 0.05) is 16.7 Å². The van der Waals surface area contributed by atoms with E-state index in [4.69, 9.17) is 12.2 Å². The van der Waals surface area contributed by atoms with E-state index in [0.29, 0.717) is 16.1 Å². The molecule has 0 aliphatic heterocycles. The maximum Gasteiger partial charge on any atom is 0.171 e. The van der Waals surface area contributed by atoms with Crippen molar-refractivity contribution in [3.05, 3.63) is 62.3 Å². The zero-order valence-electron chi connectivity index (χ0n) is 11.2. The van der Waals surface area contributed by atoms with Crippen LogP contribution in [-0.2, 0) is 6.54 Å². The fourth-order valence-corrected chi connectivity index (χ4v) is 2.59. The van der Waals surface area contributed by atoms with Crippen molar-refractivity contribution in [2.24, 2.45) is 0 Å². The first-order valence-electron chi connectivity index (χ1n) is 6.20. The smallest absolute Gasteiger partial charge is 0.171 e. The Morgan fingerprint density at radius 3 is 2.57 bits per heavy atom. The number of hydrogen-bond acceptors (Lipinski definition) is 1. The summed E-state index contributed by atoms with van der Waals surface area (Å²) in [7, 11) is 0. The average molecular weight is 432 g/mol. The van der Waals surface area contributed by atoms with Gasteiger partial charge in [0.2, 0.25) is 0 Å². The van der Waals surface area contributed by atoms with Crippen LogP contribution in [0.15, 0.2) is 45.3 Å². The Morgan fingerprint density at radius 1 is 1.14 bits per heavy atom. The van der Waals surface area contributed by atoms with Gasteiger partial charge in [-0.15, -0.1) is 0 Å². The highest BCUT2D eigenvalue weighted by atomic mass is 79.9. The minimum Gasteiger partial charge on any atom is -0.358 e. The van der Waals surface area contributed by atoms with Gasteiger partial charge in [0.05, 0.1) is 4.47 Å². The molecule has 0 aliphatic rings. The van der Waals surface area contributed by atoms with Gasteiger partial charge in [-0.1, -0.05) is 22.0 Å². The number of hydrogen-bond donors (Lipinski definition) is 2. The van der Waals surface area contributed by atoms with E-state index in [2.05, 4.69) is 42.5 Å². The maximum absolute atomic E-state index is 13.1. The summed E-state index contributed by atoms with van der Waals surface area (Å²) in [5, 5.41) is 6.74. The minimum atomic E-state index is -0.273. The number of anilines is 1. The summed E-state index contributed by atoms with van der Waals surface area (Å²) >= 11 is 11.9. The van der Waals surface area contributed by atoms with E-state index < -0.39 is 0 Å². The van der Waals surface area contributed by atoms with Crippen LogP contribution in [0.2, 0.25) is 0 Å². The van der Waals surface area contributed by atoms with Crippen LogP contribution < -0.4 is 10.6 Å². The summed E-state index contributed by atoms with van der Waals surface area (Å²) < 4.78 is 14.7. The van der Waals surface area contributed by atoms with Crippen LogP contribution in [0.1, 0.15) is 11.1 Å². The fourth-order valence-electron chi connectivity index (χ4n) is 1.73. The number of nitrogens with one attached hydrogen (secondary N) is 2. The molecule has 0 fully saturated rings. The molecule has 2 rings (SSSR count). The Morgan fingerprint density at radius 2 is 1.90 bits per heavy atom. The molecule has 6 heteroatoms. The first-order chi connectivity index (χ1) is 9.95. The van der Waals surface area contributed by atoms with Gasteiger partial charge in [-0.05, 0) is 76.5 Å². The lowest BCUT2D eigenvalue weighted by Gasteiger charge is -2.12. The Labute approximate surface area is 145 Å². The van der Waals surface area contributed by atoms with Gasteiger partial charge >= 0.3 is 0 Å². The average Bonchev–Trinajstić information content (AvgIpc) is 2.44. The number of thiocarbonyl (C=S) groups is 1. The van der Waals surface area contributed by atoms with Gasteiger partial charge < -0.3 is 10.6 Å². The lowest BCUT2D eigenvalue weighted by molar-refractivity contribution is 0.620. The number of benzene rings is 2. The van der Waals surface area contributed by atoms with Crippen LogP contribution in [0.3, 0.4) is 0 Å². The quantitative estimate of drug-likeness (QED) is 0.657. The van der Waals surface area contributed by atoms with Crippen LogP contribution >= 0.6 is 44.1 Å². The van der Waals surface area contributed by atoms with Crippen LogP contribution in [0.4, 0.5) is 10.1 Å². The Kier molecular flexibility index (Phi) is 5.72. The third kappa shape index (κ3) is 4.76. The predicted octanol–water partition coefficient (Wildman–Crippen LogP) is 5.15. The standard InChI is InChI=1S/C15H13Br2FN2S/c1-9-6-11(3-4-12(9)16)20-15(21)19-8-10-2-5-14(18)13(17)7-10/h2-7H,8H2,1H3,(H2,19,20,21). The molecule has 0 radical (unpaired) electrons. The highest BCUT2D eigenvalue weighted by Gasteiger charge is 2.03. The summed E-state index contributed by atoms with van der Waals surface area (Å²) in [5.74, 6) is -0.273. The van der Waals surface area contributed by atoms with Crippen molar-refractivity contribution in [2.75, 3.05) is 5.32 Å². The van der Waals surface area contributed by atoms with E-state index in [-0.39, 0.29) is 5.82 Å². The zero-order chi connectivity index (χ0) is 15.4. The van der Waals surface area contributed by atoms with Crippen LogP contribution in [0.25, 0.3) is 0 Å². The molecule has 21 heavy (non-hydrogen) atoms. The molecule has 0 unspecified atom stereocenters. The molecule has 0 bridgehead atoms. The summed E-state index contributed by atoms with van der Waals surface area (Å²) in [6, 6.07) is 10.8. The minimum absolute atomic E-state index is 0.273. The lowest BCUT2D eigenvalue weighted by Crippen LogP contribution is -2.27. The second-order valence-corrected chi connectivity index (χ2v) is 6.64. The molecule has 110 valence electrons. The van der Waals surface area contributed by atoms with Crippen molar-refractivity contribution in [1.82, 2.24) is 5.32 Å². The third-order valence-corrected chi connectivity index (χ3v) is 4.60. The van der Waals surface area contributed by atoms with Crippen LogP contribution in [0, 0.1) is 12.7 Å². The number of aryl methyl sites for hydroxylation is 1. The first-order valence-corrected chi connectivity index (χ1v) is 8.20. The SMILES string of the molecule is Cc1cc(NC(=S)NCc2ccc(F)c(Br)c2)ccc1Br. The molecule has 2 aromatic carbocycles. The van der Waals surface area contributed by atoms with Gasteiger partial charge in [0.25, 0.3) is 0 Å². The second kappa shape index (κ2) is 7.33. The molecule has 2 aromatic rings. The molecule has 0 aliphatic carbocycles. The normalized spacial score (nSPS) is 10.3. The Bertz CT molecular complexity index is 677. The fraction of sp³-hybridized carbons (Fsp3) is 0.133. The number of rotatable bonds is 3. The van der Waals surface area contributed by atoms with E-state index in [0.717, 1.165) is 21.3 Å². The molecule has 0 spiro atoms. The third-order valence-electron chi connectivity index (χ3n) is 2.85. The maximum atomic E-state index is 13.1. The molecular formula is C15H13Br2FN2S. The molecule has 0 atom stereocenters. The molecular weight excluding hydrogens is 419 g/mol. The summed E-state index contributed by atoms with van der Waals surface area (Å²) in [6.45, 7) is 2.54. The van der Waals surface area contributed by atoms with E-state index in [1.54, 1.807) is 12.1 Å². The largest absolute Gasteiger partial charge is 0.358 e. The van der Waals surface area contributed by atoms with E-state index in [9.17, 15) is 4.39 Å². The molecule has 0 saturated heterocycles. The molecule has 0 heterocycles. The van der Waals surface area contributed by atoms with E-state index >= 15 is 0 Å². The monoisotopic (exact) mass is 430 g/mol. The van der Waals surface area contributed by atoms with Crippen molar-refractivity contribution < 1.29 is 4.39 Å². The summed E-state index contributed by atoms with van der Waals surface area (Å²) in [6.07, 6.45) is 0. The summed E-state index contributed by atoms with van der Waals surface area (Å²) in [4.78, 5) is 0. The van der Waals surface area contributed by atoms with Crippen molar-refractivity contribution in [3.8, 4) is 0 Å². The first kappa shape index (κ1) is 16.4. The van der Waals surface area contributed by atoms with Crippen molar-refractivity contribution in [2.45, 2.75) is 13.5 Å². The topological polar surface area (TPSA) is 24.1 Å². The molecule has 2 N–H and O–H groups in total. The van der Waals surface area contributed by atoms with Gasteiger partial charge in [-0.3, -0.25) is 0 Å². The number of halogens is 3. The predicted molar refractivity (Wildman–Crippen MR) is 96.0 cm³/mol. The Balaban J connectivity index is 1.92. The van der Waals surface area contributed by atoms with Gasteiger partial charge in [0.1, 0.15) is 5.82 Å². The second-order valence-electron chi connectivity index (χ2n) is 4.52. The highest BCUT2D eigenvalue weighted by molar-refractivity contribution is 9.10. The van der Waals surface area contributed by atoms with Crippen molar-refractivity contribution >= 4 is 54.9 Å². The van der Waals surface area contributed by atoms with E-state index in [1.165, 1.54) is 6.07 Å². The van der Waals surface area contributed by atoms with Gasteiger partial charge in [-0.25, -0.2) is 4.39 Å². The lowest BCUT2D eigenvalue weighted by atomic mass is 10.2.